The van der Waals surface area contributed by atoms with Crippen LogP contribution < -0.4 is 10.6 Å². The van der Waals surface area contributed by atoms with Gasteiger partial charge in [0.2, 0.25) is 0 Å². The van der Waals surface area contributed by atoms with Crippen molar-refractivity contribution in [2.75, 3.05) is 5.32 Å². The van der Waals surface area contributed by atoms with Crippen LogP contribution in [-0.4, -0.2) is 17.1 Å². The number of anilines is 1. The Kier molecular flexibility index (Phi) is 4.18. The first kappa shape index (κ1) is 13.1. The van der Waals surface area contributed by atoms with Crippen LogP contribution in [0, 0.1) is 0 Å². The van der Waals surface area contributed by atoms with Gasteiger partial charge in [-0.3, -0.25) is 0 Å². The van der Waals surface area contributed by atoms with E-state index in [0.29, 0.717) is 5.69 Å². The van der Waals surface area contributed by atoms with Crippen LogP contribution in [0.1, 0.15) is 36.0 Å². The van der Waals surface area contributed by atoms with Crippen LogP contribution in [0.25, 0.3) is 0 Å². The molecule has 1 fully saturated rings. The van der Waals surface area contributed by atoms with Gasteiger partial charge in [0.05, 0.1) is 5.56 Å². The highest BCUT2D eigenvalue weighted by molar-refractivity contribution is 5.93. The van der Waals surface area contributed by atoms with Gasteiger partial charge in [0.25, 0.3) is 0 Å². The van der Waals surface area contributed by atoms with Crippen LogP contribution in [0.2, 0.25) is 0 Å². The number of benzene rings is 1. The third-order valence-corrected chi connectivity index (χ3v) is 3.02. The molecule has 5 heteroatoms. The molecular formula is C14H16N2O3. The molecule has 19 heavy (non-hydrogen) atoms. The average molecular weight is 260 g/mol. The second-order valence-electron chi connectivity index (χ2n) is 4.49. The Morgan fingerprint density at radius 3 is 2.63 bits per heavy atom. The summed E-state index contributed by atoms with van der Waals surface area (Å²) >= 11 is 0. The van der Waals surface area contributed by atoms with Gasteiger partial charge >= 0.3 is 12.0 Å². The Labute approximate surface area is 111 Å². The molecule has 100 valence electrons. The van der Waals surface area contributed by atoms with E-state index in [1.165, 1.54) is 30.5 Å². The molecule has 0 spiro atoms. The standard InChI is InChI=1S/C14H16N2O3/c17-13(18)11-6-3-7-12(8-11)16-14(19)15-9-10-4-1-2-5-10/h3,6-9H,1-2,4-5H2,(H,17,18)(H2,15,16,19). The quantitative estimate of drug-likeness (QED) is 0.781. The number of allylic oxidation sites excluding steroid dienone is 1. The first-order valence-corrected chi connectivity index (χ1v) is 6.24. The Morgan fingerprint density at radius 2 is 1.95 bits per heavy atom. The fourth-order valence-electron chi connectivity index (χ4n) is 2.04. The van der Waals surface area contributed by atoms with Crippen molar-refractivity contribution in [3.05, 3.63) is 41.6 Å². The monoisotopic (exact) mass is 260 g/mol. The molecular weight excluding hydrogens is 244 g/mol. The molecule has 0 aromatic heterocycles. The number of urea groups is 1. The summed E-state index contributed by atoms with van der Waals surface area (Å²) in [4.78, 5) is 22.4. The number of hydrogen-bond acceptors (Lipinski definition) is 2. The molecule has 0 heterocycles. The number of carbonyl (C=O) groups is 2. The summed E-state index contributed by atoms with van der Waals surface area (Å²) in [7, 11) is 0. The summed E-state index contributed by atoms with van der Waals surface area (Å²) < 4.78 is 0. The fraction of sp³-hybridized carbons (Fsp3) is 0.286. The summed E-state index contributed by atoms with van der Waals surface area (Å²) in [5.74, 6) is -1.02. The zero-order valence-electron chi connectivity index (χ0n) is 10.5. The summed E-state index contributed by atoms with van der Waals surface area (Å²) in [6.07, 6.45) is 6.17. The van der Waals surface area contributed by atoms with E-state index in [1.807, 2.05) is 0 Å². The molecule has 0 radical (unpaired) electrons. The summed E-state index contributed by atoms with van der Waals surface area (Å²) in [6, 6.07) is 5.78. The van der Waals surface area contributed by atoms with Crippen LogP contribution in [0.3, 0.4) is 0 Å². The van der Waals surface area contributed by atoms with Crippen molar-refractivity contribution in [1.29, 1.82) is 0 Å². The van der Waals surface area contributed by atoms with E-state index >= 15 is 0 Å². The van der Waals surface area contributed by atoms with E-state index in [9.17, 15) is 9.59 Å². The van der Waals surface area contributed by atoms with E-state index in [4.69, 9.17) is 5.11 Å². The number of nitrogens with one attached hydrogen (secondary N) is 2. The third kappa shape index (κ3) is 3.84. The Hall–Kier alpha value is -2.30. The lowest BCUT2D eigenvalue weighted by atomic mass is 10.2. The molecule has 0 atom stereocenters. The van der Waals surface area contributed by atoms with Crippen molar-refractivity contribution >= 4 is 17.7 Å². The molecule has 3 N–H and O–H groups in total. The molecule has 0 aliphatic heterocycles. The van der Waals surface area contributed by atoms with Gasteiger partial charge in [-0.2, -0.15) is 0 Å². The Balaban J connectivity index is 1.93. The lowest BCUT2D eigenvalue weighted by molar-refractivity contribution is 0.0697. The molecule has 0 unspecified atom stereocenters. The number of amides is 2. The van der Waals surface area contributed by atoms with Crippen molar-refractivity contribution in [1.82, 2.24) is 5.32 Å². The normalized spacial score (nSPS) is 14.0. The van der Waals surface area contributed by atoms with Gasteiger partial charge in [-0.25, -0.2) is 9.59 Å². The van der Waals surface area contributed by atoms with Crippen molar-refractivity contribution < 1.29 is 14.7 Å². The van der Waals surface area contributed by atoms with Crippen LogP contribution >= 0.6 is 0 Å². The predicted octanol–water partition coefficient (Wildman–Crippen LogP) is 2.96. The topological polar surface area (TPSA) is 78.4 Å². The number of carboxylic acids is 1. The molecule has 1 aliphatic rings. The van der Waals surface area contributed by atoms with E-state index in [0.717, 1.165) is 12.8 Å². The summed E-state index contributed by atoms with van der Waals surface area (Å²) in [5, 5.41) is 14.1. The van der Waals surface area contributed by atoms with Gasteiger partial charge in [0.15, 0.2) is 0 Å². The van der Waals surface area contributed by atoms with Gasteiger partial charge in [0, 0.05) is 11.9 Å². The number of rotatable bonds is 3. The van der Waals surface area contributed by atoms with Crippen molar-refractivity contribution in [3.8, 4) is 0 Å². The van der Waals surface area contributed by atoms with Gasteiger partial charge in [-0.1, -0.05) is 11.6 Å². The Bertz CT molecular complexity index is 515. The van der Waals surface area contributed by atoms with Crippen molar-refractivity contribution in [3.63, 3.8) is 0 Å². The molecule has 2 rings (SSSR count). The highest BCUT2D eigenvalue weighted by Gasteiger charge is 2.08. The van der Waals surface area contributed by atoms with Gasteiger partial charge < -0.3 is 15.7 Å². The minimum Gasteiger partial charge on any atom is -0.478 e. The molecule has 5 nitrogen and oxygen atoms in total. The largest absolute Gasteiger partial charge is 0.478 e. The first-order chi connectivity index (χ1) is 9.15. The molecule has 1 aromatic rings. The van der Waals surface area contributed by atoms with Crippen LogP contribution in [0.4, 0.5) is 10.5 Å². The second kappa shape index (κ2) is 6.04. The average Bonchev–Trinajstić information content (AvgIpc) is 2.90. The minimum absolute atomic E-state index is 0.145. The highest BCUT2D eigenvalue weighted by Crippen LogP contribution is 2.22. The van der Waals surface area contributed by atoms with E-state index < -0.39 is 5.97 Å². The van der Waals surface area contributed by atoms with Gasteiger partial charge in [-0.15, -0.1) is 0 Å². The van der Waals surface area contributed by atoms with Crippen LogP contribution in [0.15, 0.2) is 36.0 Å². The zero-order valence-corrected chi connectivity index (χ0v) is 10.5. The first-order valence-electron chi connectivity index (χ1n) is 6.24. The molecule has 1 saturated carbocycles. The van der Waals surface area contributed by atoms with Gasteiger partial charge in [-0.05, 0) is 43.9 Å². The van der Waals surface area contributed by atoms with Gasteiger partial charge in [0.1, 0.15) is 0 Å². The van der Waals surface area contributed by atoms with Crippen molar-refractivity contribution in [2.24, 2.45) is 0 Å². The third-order valence-electron chi connectivity index (χ3n) is 3.02. The summed E-state index contributed by atoms with van der Waals surface area (Å²) in [5.41, 5.74) is 1.85. The van der Waals surface area contributed by atoms with E-state index in [-0.39, 0.29) is 11.6 Å². The van der Waals surface area contributed by atoms with E-state index in [2.05, 4.69) is 10.6 Å². The number of hydrogen-bond donors (Lipinski definition) is 3. The maximum Gasteiger partial charge on any atom is 0.335 e. The lowest BCUT2D eigenvalue weighted by Gasteiger charge is -2.06. The molecule has 2 amide bonds. The SMILES string of the molecule is O=C(NC=C1CCCC1)Nc1cccc(C(=O)O)c1. The highest BCUT2D eigenvalue weighted by atomic mass is 16.4. The molecule has 1 aromatic carbocycles. The molecule has 1 aliphatic carbocycles. The van der Waals surface area contributed by atoms with Crippen LogP contribution in [-0.2, 0) is 0 Å². The Morgan fingerprint density at radius 1 is 1.21 bits per heavy atom. The smallest absolute Gasteiger partial charge is 0.335 e. The molecule has 0 saturated heterocycles. The number of carbonyl (C=O) groups excluding carboxylic acids is 1. The zero-order chi connectivity index (χ0) is 13.7. The second-order valence-corrected chi connectivity index (χ2v) is 4.49. The van der Waals surface area contributed by atoms with Crippen LogP contribution in [0.5, 0.6) is 0 Å². The lowest BCUT2D eigenvalue weighted by Crippen LogP contribution is -2.24. The minimum atomic E-state index is -1.02. The molecule has 0 bridgehead atoms. The fourth-order valence-corrected chi connectivity index (χ4v) is 2.04. The van der Waals surface area contributed by atoms with Crippen molar-refractivity contribution in [2.45, 2.75) is 25.7 Å². The number of aromatic carboxylic acids is 1. The maximum absolute atomic E-state index is 11.6. The maximum atomic E-state index is 11.6. The number of carboxylic acid groups (broad SMARTS) is 1. The van der Waals surface area contributed by atoms with E-state index in [1.54, 1.807) is 18.3 Å². The summed E-state index contributed by atoms with van der Waals surface area (Å²) in [6.45, 7) is 0. The predicted molar refractivity (Wildman–Crippen MR) is 72.1 cm³/mol.